The maximum absolute atomic E-state index is 5.90. The molecule has 0 N–H and O–H groups in total. The van der Waals surface area contributed by atoms with Crippen molar-refractivity contribution in [2.75, 3.05) is 0 Å². The third kappa shape index (κ3) is 5.08. The van der Waals surface area contributed by atoms with Gasteiger partial charge in [0.25, 0.3) is 0 Å². The van der Waals surface area contributed by atoms with E-state index in [9.17, 15) is 0 Å². The Morgan fingerprint density at radius 2 is 1.82 bits per heavy atom. The van der Waals surface area contributed by atoms with Crippen molar-refractivity contribution in [3.05, 3.63) is 0 Å². The molecule has 0 heterocycles. The molecule has 0 aliphatic rings. The van der Waals surface area contributed by atoms with E-state index in [4.69, 9.17) is 4.43 Å². The molecule has 0 aliphatic heterocycles. The molecule has 0 aromatic heterocycles. The van der Waals surface area contributed by atoms with Crippen LogP contribution in [0.3, 0.4) is 0 Å². The molecule has 0 saturated heterocycles. The van der Waals surface area contributed by atoms with Gasteiger partial charge in [0.2, 0.25) is 0 Å². The van der Waals surface area contributed by atoms with Gasteiger partial charge >= 0.3 is 81.7 Å². The van der Waals surface area contributed by atoms with Crippen LogP contribution in [0.15, 0.2) is 0 Å². The quantitative estimate of drug-likeness (QED) is 0.583. The Balaban J connectivity index is 3.96. The van der Waals surface area contributed by atoms with Gasteiger partial charge < -0.3 is 0 Å². The van der Waals surface area contributed by atoms with E-state index in [1.54, 1.807) is 0 Å². The van der Waals surface area contributed by atoms with Crippen molar-refractivity contribution >= 4 is 26.8 Å². The summed E-state index contributed by atoms with van der Waals surface area (Å²) in [7, 11) is -0.846. The van der Waals surface area contributed by atoms with E-state index in [0.717, 1.165) is 5.09 Å². The topological polar surface area (TPSA) is 9.23 Å². The number of hydrogen-bond donors (Lipinski definition) is 0. The molecule has 0 rings (SSSR count). The third-order valence-electron chi connectivity index (χ3n) is 1.77. The normalized spacial score (nSPS) is 15.6. The molecule has 0 aromatic carbocycles. The summed E-state index contributed by atoms with van der Waals surface area (Å²) in [6.45, 7) is 11.2. The fraction of sp³-hybridized carbons (Fsp3) is 1.00. The maximum atomic E-state index is 5.90. The Morgan fingerprint density at radius 1 is 1.36 bits per heavy atom. The van der Waals surface area contributed by atoms with Crippen molar-refractivity contribution in [1.82, 2.24) is 0 Å². The van der Waals surface area contributed by atoms with Crippen LogP contribution in [-0.2, 0) is 4.43 Å². The van der Waals surface area contributed by atoms with Crippen molar-refractivity contribution in [3.63, 3.8) is 0 Å². The van der Waals surface area contributed by atoms with Crippen molar-refractivity contribution in [2.24, 2.45) is 5.41 Å². The summed E-state index contributed by atoms with van der Waals surface area (Å²) in [5.74, 6) is 0. The van der Waals surface area contributed by atoms with Crippen LogP contribution in [-0.4, -0.2) is 32.9 Å². The molecule has 11 heavy (non-hydrogen) atoms. The second-order valence-electron chi connectivity index (χ2n) is 4.45. The van der Waals surface area contributed by atoms with Crippen LogP contribution in [0, 0.1) is 5.41 Å². The molecule has 62 valence electrons. The van der Waals surface area contributed by atoms with Gasteiger partial charge in [-0.15, -0.1) is 0 Å². The van der Waals surface area contributed by atoms with Gasteiger partial charge in [0.05, 0.1) is 0 Å². The fourth-order valence-corrected chi connectivity index (χ4v) is 2.50. The van der Waals surface area contributed by atoms with Gasteiger partial charge in [-0.25, -0.2) is 0 Å². The van der Waals surface area contributed by atoms with Gasteiger partial charge in [0.1, 0.15) is 0 Å². The Hall–Kier alpha value is 0.774. The number of hydrogen-bond acceptors (Lipinski definition) is 1. The zero-order chi connectivity index (χ0) is 9.07. The minimum absolute atomic E-state index is 0.312. The van der Waals surface area contributed by atoms with Gasteiger partial charge in [-0.05, 0) is 0 Å². The molecule has 0 bridgehead atoms. The van der Waals surface area contributed by atoms with Crippen LogP contribution < -0.4 is 0 Å². The first-order chi connectivity index (χ1) is 4.88. The van der Waals surface area contributed by atoms with Crippen LogP contribution >= 0.6 is 0 Å². The van der Waals surface area contributed by atoms with E-state index < -0.39 is 9.04 Å². The average molecular weight is 166 g/mol. The average Bonchev–Trinajstić information content (AvgIpc) is 1.79. The van der Waals surface area contributed by atoms with Gasteiger partial charge in [0.15, 0.2) is 0 Å². The van der Waals surface area contributed by atoms with Crippen molar-refractivity contribution in [1.29, 1.82) is 0 Å². The van der Waals surface area contributed by atoms with Crippen LogP contribution in [0.5, 0.6) is 0 Å². The van der Waals surface area contributed by atoms with Crippen molar-refractivity contribution < 1.29 is 4.43 Å². The van der Waals surface area contributed by atoms with E-state index >= 15 is 0 Å². The van der Waals surface area contributed by atoms with Crippen LogP contribution in [0.2, 0.25) is 18.2 Å². The molecule has 0 fully saturated rings. The van der Waals surface area contributed by atoms with Crippen LogP contribution in [0.25, 0.3) is 0 Å². The van der Waals surface area contributed by atoms with E-state index in [1.807, 2.05) is 0 Å². The Morgan fingerprint density at radius 3 is 1.91 bits per heavy atom. The molecule has 1 atom stereocenters. The van der Waals surface area contributed by atoms with Gasteiger partial charge in [-0.1, -0.05) is 0 Å². The fourth-order valence-electron chi connectivity index (χ4n) is 1.24. The standard InChI is InChI=1S/C8H19OSi.Li/c1-7(8(2,3)4)9-10(5)6;/h7,10H,1H2,2-6H3;. The van der Waals surface area contributed by atoms with E-state index in [0.29, 0.717) is 11.5 Å². The first-order valence-corrected chi connectivity index (χ1v) is 7.31. The van der Waals surface area contributed by atoms with E-state index in [-0.39, 0.29) is 0 Å². The minimum atomic E-state index is -0.846. The first-order valence-electron chi connectivity index (χ1n) is 4.53. The molecule has 0 spiro atoms. The van der Waals surface area contributed by atoms with Crippen LogP contribution in [0.4, 0.5) is 0 Å². The summed E-state index contributed by atoms with van der Waals surface area (Å²) in [6.07, 6.45) is 0.453. The molecular formula is C8H19LiOSi. The summed E-state index contributed by atoms with van der Waals surface area (Å²) in [5.41, 5.74) is 0.312. The van der Waals surface area contributed by atoms with Crippen LogP contribution in [0.1, 0.15) is 20.8 Å². The van der Waals surface area contributed by atoms with Gasteiger partial charge in [-0.2, -0.15) is 0 Å². The summed E-state index contributed by atoms with van der Waals surface area (Å²) in [5, 5.41) is 1.13. The molecule has 0 saturated carbocycles. The second-order valence-corrected chi connectivity index (χ2v) is 6.82. The van der Waals surface area contributed by atoms with Gasteiger partial charge in [0, 0.05) is 0 Å². The molecule has 1 nitrogen and oxygen atoms in total. The summed E-state index contributed by atoms with van der Waals surface area (Å²) >= 11 is 2.20. The van der Waals surface area contributed by atoms with Crippen molar-refractivity contribution in [3.8, 4) is 0 Å². The predicted octanol–water partition coefficient (Wildman–Crippen LogP) is 1.99. The summed E-state index contributed by atoms with van der Waals surface area (Å²) in [4.78, 5) is 0. The zero-order valence-electron chi connectivity index (χ0n) is 8.77. The monoisotopic (exact) mass is 166 g/mol. The SMILES string of the molecule is [Li][CH2]C(O[SiH](C)C)C(C)(C)C. The number of rotatable bonds is 3. The van der Waals surface area contributed by atoms with Gasteiger partial charge in [-0.3, -0.25) is 0 Å². The predicted molar refractivity (Wildman–Crippen MR) is 53.8 cm³/mol. The Labute approximate surface area is 81.8 Å². The van der Waals surface area contributed by atoms with Crippen molar-refractivity contribution in [2.45, 2.75) is 45.1 Å². The second kappa shape index (κ2) is 4.72. The summed E-state index contributed by atoms with van der Waals surface area (Å²) < 4.78 is 5.90. The van der Waals surface area contributed by atoms with E-state index in [1.165, 1.54) is 0 Å². The molecule has 1 unspecified atom stereocenters. The molecule has 0 radical (unpaired) electrons. The molecule has 0 aliphatic carbocycles. The molecule has 0 amide bonds. The molecule has 0 aromatic rings. The Bertz CT molecular complexity index is 109. The molecular weight excluding hydrogens is 147 g/mol. The first kappa shape index (κ1) is 11.8. The zero-order valence-corrected chi connectivity index (χ0v) is 9.92. The summed E-state index contributed by atoms with van der Waals surface area (Å²) in [6, 6.07) is 0. The molecule has 3 heteroatoms. The Kier molecular flexibility index (Phi) is 5.05. The van der Waals surface area contributed by atoms with E-state index in [2.05, 4.69) is 51.6 Å². The third-order valence-corrected chi connectivity index (χ3v) is 2.65.